The summed E-state index contributed by atoms with van der Waals surface area (Å²) in [5, 5.41) is 22.2. The first-order valence-corrected chi connectivity index (χ1v) is 11.9. The van der Waals surface area contributed by atoms with E-state index in [9.17, 15) is 10.1 Å². The van der Waals surface area contributed by atoms with Gasteiger partial charge in [0.05, 0.1) is 40.3 Å². The summed E-state index contributed by atoms with van der Waals surface area (Å²) in [5.41, 5.74) is 8.60. The van der Waals surface area contributed by atoms with Gasteiger partial charge in [0.2, 0.25) is 0 Å². The van der Waals surface area contributed by atoms with Crippen LogP contribution >= 0.6 is 0 Å². The quantitative estimate of drug-likeness (QED) is 0.429. The Morgan fingerprint density at radius 2 is 2.08 bits per heavy atom. The molecule has 0 spiro atoms. The molecule has 6 rings (SSSR count). The summed E-state index contributed by atoms with van der Waals surface area (Å²) in [6.45, 7) is 1.64. The highest BCUT2D eigenvalue weighted by Crippen LogP contribution is 2.44. The van der Waals surface area contributed by atoms with Crippen LogP contribution in [0.15, 0.2) is 35.3 Å². The lowest BCUT2D eigenvalue weighted by atomic mass is 9.94. The van der Waals surface area contributed by atoms with Gasteiger partial charge in [-0.2, -0.15) is 15.5 Å². The topological polar surface area (TPSA) is 126 Å². The highest BCUT2D eigenvalue weighted by molar-refractivity contribution is 5.93. The number of halogens is 1. The number of aryl methyl sites for hydroxylation is 1. The van der Waals surface area contributed by atoms with Crippen LogP contribution in [0, 0.1) is 17.1 Å². The Morgan fingerprint density at radius 1 is 1.28 bits per heavy atom. The number of nitrogens with one attached hydrogen (secondary N) is 1. The molecule has 36 heavy (non-hydrogen) atoms. The maximum atomic E-state index is 16.2. The highest BCUT2D eigenvalue weighted by Gasteiger charge is 2.32. The fourth-order valence-electron chi connectivity index (χ4n) is 4.69. The van der Waals surface area contributed by atoms with E-state index in [0.29, 0.717) is 44.7 Å². The number of hydrogen-bond acceptors (Lipinski definition) is 7. The van der Waals surface area contributed by atoms with Crippen molar-refractivity contribution in [2.75, 3.05) is 18.0 Å². The number of ether oxygens (including phenoxy) is 1. The summed E-state index contributed by atoms with van der Waals surface area (Å²) in [6, 6.07) is 9.14. The Kier molecular flexibility index (Phi) is 5.23. The average Bonchev–Trinajstić information content (AvgIpc) is 3.59. The van der Waals surface area contributed by atoms with Gasteiger partial charge in [0.1, 0.15) is 17.4 Å². The lowest BCUT2D eigenvalue weighted by Gasteiger charge is -2.34. The van der Waals surface area contributed by atoms with Gasteiger partial charge in [-0.15, -0.1) is 0 Å². The minimum Gasteiger partial charge on any atom is -0.489 e. The molecular weight excluding hydrogens is 461 g/mol. The van der Waals surface area contributed by atoms with E-state index in [-0.39, 0.29) is 29.3 Å². The van der Waals surface area contributed by atoms with Gasteiger partial charge in [-0.1, -0.05) is 6.07 Å². The van der Waals surface area contributed by atoms with Crippen LogP contribution in [-0.2, 0) is 13.6 Å². The maximum Gasteiger partial charge on any atom is 0.272 e. The third kappa shape index (κ3) is 3.51. The summed E-state index contributed by atoms with van der Waals surface area (Å²) in [5.74, 6) is -0.0779. The van der Waals surface area contributed by atoms with Gasteiger partial charge in [0.15, 0.2) is 5.82 Å². The second-order valence-electron chi connectivity index (χ2n) is 9.22. The molecule has 0 amide bonds. The number of aromatic nitrogens is 4. The van der Waals surface area contributed by atoms with Gasteiger partial charge in [-0.3, -0.25) is 9.48 Å². The zero-order chi connectivity index (χ0) is 25.0. The molecule has 2 fully saturated rings. The number of nitrogens with two attached hydrogens (primary N) is 1. The first-order chi connectivity index (χ1) is 17.5. The lowest BCUT2D eigenvalue weighted by molar-refractivity contribution is 0.302. The summed E-state index contributed by atoms with van der Waals surface area (Å²) in [4.78, 5) is 14.3. The van der Waals surface area contributed by atoms with Crippen molar-refractivity contribution >= 4 is 16.5 Å². The van der Waals surface area contributed by atoms with Crippen molar-refractivity contribution in [2.24, 2.45) is 12.8 Å². The lowest BCUT2D eigenvalue weighted by Crippen LogP contribution is -2.37. The van der Waals surface area contributed by atoms with Crippen molar-refractivity contribution in [3.8, 4) is 34.2 Å². The Balaban J connectivity index is 1.60. The monoisotopic (exact) mass is 485 g/mol. The molecule has 1 aliphatic heterocycles. The number of nitriles is 1. The van der Waals surface area contributed by atoms with Crippen LogP contribution in [0.1, 0.15) is 30.5 Å². The SMILES string of the molecule is Cn1ncc(-c2ccc3c(=O)[nH]nc(CN)c3c2)c1-c1c(F)c(N2CCC2)cc(OC2CC2)c1C#N. The van der Waals surface area contributed by atoms with E-state index >= 15 is 4.39 Å². The van der Waals surface area contributed by atoms with Gasteiger partial charge in [-0.05, 0) is 37.0 Å². The van der Waals surface area contributed by atoms with E-state index in [0.717, 1.165) is 32.4 Å². The molecule has 182 valence electrons. The highest BCUT2D eigenvalue weighted by atomic mass is 19.1. The fraction of sp³-hybridized carbons (Fsp3) is 0.308. The Labute approximate surface area is 205 Å². The second kappa shape index (κ2) is 8.46. The molecule has 1 aliphatic carbocycles. The molecule has 2 aromatic heterocycles. The van der Waals surface area contributed by atoms with Gasteiger partial charge in [-0.25, -0.2) is 9.49 Å². The van der Waals surface area contributed by atoms with Crippen molar-refractivity contribution in [3.63, 3.8) is 0 Å². The van der Waals surface area contributed by atoms with Gasteiger partial charge < -0.3 is 15.4 Å². The van der Waals surface area contributed by atoms with Crippen LogP contribution in [0.3, 0.4) is 0 Å². The minimum atomic E-state index is -0.471. The van der Waals surface area contributed by atoms with E-state index < -0.39 is 5.82 Å². The maximum absolute atomic E-state index is 16.2. The molecule has 10 heteroatoms. The normalized spacial score (nSPS) is 15.1. The predicted octanol–water partition coefficient (Wildman–Crippen LogP) is 3.21. The van der Waals surface area contributed by atoms with Crippen LogP contribution < -0.4 is 20.9 Å². The van der Waals surface area contributed by atoms with Crippen molar-refractivity contribution in [1.29, 1.82) is 5.26 Å². The number of hydrogen-bond donors (Lipinski definition) is 2. The smallest absolute Gasteiger partial charge is 0.272 e. The van der Waals surface area contributed by atoms with E-state index in [4.69, 9.17) is 10.5 Å². The zero-order valence-corrected chi connectivity index (χ0v) is 19.7. The third-order valence-corrected chi connectivity index (χ3v) is 6.88. The number of fused-ring (bicyclic) bond motifs is 1. The molecule has 1 saturated heterocycles. The molecule has 0 unspecified atom stereocenters. The molecule has 3 heterocycles. The molecule has 2 aromatic carbocycles. The van der Waals surface area contributed by atoms with Gasteiger partial charge >= 0.3 is 0 Å². The number of rotatable bonds is 6. The Hall–Kier alpha value is -4.23. The molecule has 0 bridgehead atoms. The van der Waals surface area contributed by atoms with Crippen LogP contribution in [-0.4, -0.2) is 39.2 Å². The molecule has 9 nitrogen and oxygen atoms in total. The van der Waals surface area contributed by atoms with Crippen LogP contribution in [0.2, 0.25) is 0 Å². The average molecular weight is 486 g/mol. The molecule has 1 saturated carbocycles. The number of H-pyrrole nitrogens is 1. The van der Waals surface area contributed by atoms with Crippen LogP contribution in [0.5, 0.6) is 5.75 Å². The first-order valence-electron chi connectivity index (χ1n) is 11.9. The van der Waals surface area contributed by atoms with Crippen LogP contribution in [0.4, 0.5) is 10.1 Å². The summed E-state index contributed by atoms with van der Waals surface area (Å²) in [6.07, 6.45) is 4.50. The predicted molar refractivity (Wildman–Crippen MR) is 133 cm³/mol. The summed E-state index contributed by atoms with van der Waals surface area (Å²) in [7, 11) is 1.72. The van der Waals surface area contributed by atoms with Crippen LogP contribution in [0.25, 0.3) is 33.2 Å². The van der Waals surface area contributed by atoms with Crippen molar-refractivity contribution in [2.45, 2.75) is 31.9 Å². The summed E-state index contributed by atoms with van der Waals surface area (Å²) >= 11 is 0. The standard InChI is InChI=1S/C26H24FN7O2/c1-33-25(19(13-30-33)14-3-6-16-17(9-14)20(12-29)31-32-26(16)35)23-18(11-28)22(36-15-4-5-15)10-21(24(23)27)34-7-2-8-34/h3,6,9-10,13,15H,2,4-5,7-8,12,29H2,1H3,(H,32,35). The number of benzene rings is 2. The molecular formula is C26H24FN7O2. The Bertz CT molecular complexity index is 1610. The zero-order valence-electron chi connectivity index (χ0n) is 19.7. The molecule has 4 aromatic rings. The van der Waals surface area contributed by atoms with Gasteiger partial charge in [0.25, 0.3) is 5.56 Å². The minimum absolute atomic E-state index is 0.0476. The molecule has 2 aliphatic rings. The molecule has 0 radical (unpaired) electrons. The van der Waals surface area contributed by atoms with Crippen molar-refractivity contribution < 1.29 is 9.13 Å². The Morgan fingerprint density at radius 3 is 2.75 bits per heavy atom. The molecule has 0 atom stereocenters. The van der Waals surface area contributed by atoms with E-state index in [2.05, 4.69) is 21.4 Å². The third-order valence-electron chi connectivity index (χ3n) is 6.88. The van der Waals surface area contributed by atoms with Gasteiger partial charge in [0, 0.05) is 43.7 Å². The summed E-state index contributed by atoms with van der Waals surface area (Å²) < 4.78 is 23.9. The van der Waals surface area contributed by atoms with Crippen molar-refractivity contribution in [1.82, 2.24) is 20.0 Å². The number of nitrogens with zero attached hydrogens (tertiary/aromatic N) is 5. The number of aromatic amines is 1. The van der Waals surface area contributed by atoms with E-state index in [1.54, 1.807) is 36.1 Å². The first kappa shape index (κ1) is 22.2. The molecule has 3 N–H and O–H groups in total. The fourth-order valence-corrected chi connectivity index (χ4v) is 4.69. The largest absolute Gasteiger partial charge is 0.489 e. The number of anilines is 1. The van der Waals surface area contributed by atoms with E-state index in [1.165, 1.54) is 0 Å². The van der Waals surface area contributed by atoms with E-state index in [1.807, 2.05) is 11.0 Å². The van der Waals surface area contributed by atoms with Crippen molar-refractivity contribution in [3.05, 3.63) is 57.9 Å². The second-order valence-corrected chi connectivity index (χ2v) is 9.22.